The summed E-state index contributed by atoms with van der Waals surface area (Å²) in [4.78, 5) is 55.9. The zero-order valence-corrected chi connectivity index (χ0v) is 26.7. The molecule has 4 aromatic rings. The van der Waals surface area contributed by atoms with Crippen molar-refractivity contribution in [2.24, 2.45) is 7.05 Å². The molecule has 1 fully saturated rings. The number of hydrogen-bond acceptors (Lipinski definition) is 6. The molecule has 0 radical (unpaired) electrons. The summed E-state index contributed by atoms with van der Waals surface area (Å²) in [5, 5.41) is 5.91. The summed E-state index contributed by atoms with van der Waals surface area (Å²) >= 11 is 2.00. The van der Waals surface area contributed by atoms with Gasteiger partial charge >= 0.3 is 5.69 Å². The molecule has 42 heavy (non-hydrogen) atoms. The van der Waals surface area contributed by atoms with Crippen molar-refractivity contribution >= 4 is 69.0 Å². The standard InChI is InChI=1S/C29H30FIN6O4.ClH/c1-15-24-23(25(35(5)27(15)39)33-22-12-9-17(31)13-21(22)30)28(40)37(19-10-11-19)29(41)36(24)20-8-6-7-18(14-20)32-26(38)16(2)34(3)4;/h6-9,12-14,16,19,33H,10-11H2,1-5H3,(H,32,38);1H/t16-;/m1./s1. The van der Waals surface area contributed by atoms with Crippen molar-refractivity contribution < 1.29 is 9.18 Å². The summed E-state index contributed by atoms with van der Waals surface area (Å²) in [5.74, 6) is -0.708. The summed E-state index contributed by atoms with van der Waals surface area (Å²) in [6, 6.07) is 10.6. The van der Waals surface area contributed by atoms with E-state index in [9.17, 15) is 23.6 Å². The highest BCUT2D eigenvalue weighted by atomic mass is 127. The third kappa shape index (κ3) is 5.62. The van der Waals surface area contributed by atoms with Crippen LogP contribution < -0.4 is 27.4 Å². The van der Waals surface area contributed by atoms with Gasteiger partial charge in [0, 0.05) is 27.9 Å². The molecule has 0 saturated heterocycles. The van der Waals surface area contributed by atoms with Crippen molar-refractivity contribution in [1.29, 1.82) is 0 Å². The van der Waals surface area contributed by atoms with Crippen LogP contribution in [0.2, 0.25) is 0 Å². The number of carbonyl (C=O) groups is 1. The van der Waals surface area contributed by atoms with E-state index in [1.165, 1.54) is 32.9 Å². The van der Waals surface area contributed by atoms with Crippen LogP contribution in [0.4, 0.5) is 21.6 Å². The van der Waals surface area contributed by atoms with E-state index >= 15 is 0 Å². The maximum absolute atomic E-state index is 14.9. The Labute approximate surface area is 260 Å². The van der Waals surface area contributed by atoms with Gasteiger partial charge in [0.15, 0.2) is 0 Å². The Hall–Kier alpha value is -3.49. The maximum atomic E-state index is 14.9. The fourth-order valence-corrected chi connectivity index (χ4v) is 5.23. The number of amides is 1. The molecule has 2 aromatic heterocycles. The molecular formula is C29H31ClFIN6O4. The summed E-state index contributed by atoms with van der Waals surface area (Å²) in [7, 11) is 5.09. The third-order valence-corrected chi connectivity index (χ3v) is 8.14. The van der Waals surface area contributed by atoms with Crippen LogP contribution in [0.3, 0.4) is 0 Å². The number of carbonyl (C=O) groups excluding carboxylic acids is 1. The van der Waals surface area contributed by atoms with E-state index in [4.69, 9.17) is 0 Å². The molecule has 1 amide bonds. The Morgan fingerprint density at radius 3 is 2.40 bits per heavy atom. The number of halogens is 3. The van der Waals surface area contributed by atoms with Gasteiger partial charge in [0.2, 0.25) is 5.91 Å². The molecule has 1 atom stereocenters. The zero-order chi connectivity index (χ0) is 29.7. The van der Waals surface area contributed by atoms with E-state index in [1.54, 1.807) is 63.2 Å². The van der Waals surface area contributed by atoms with Crippen LogP contribution in [-0.4, -0.2) is 44.6 Å². The van der Waals surface area contributed by atoms with Crippen molar-refractivity contribution in [1.82, 2.24) is 18.6 Å². The predicted molar refractivity (Wildman–Crippen MR) is 173 cm³/mol. The van der Waals surface area contributed by atoms with Crippen LogP contribution in [0.15, 0.2) is 56.8 Å². The number of nitrogens with zero attached hydrogens (tertiary/aromatic N) is 4. The van der Waals surface area contributed by atoms with Crippen molar-refractivity contribution in [3.63, 3.8) is 0 Å². The van der Waals surface area contributed by atoms with Gasteiger partial charge in [0.25, 0.3) is 11.1 Å². The molecule has 0 spiro atoms. The fraction of sp³-hybridized carbons (Fsp3) is 0.310. The monoisotopic (exact) mass is 708 g/mol. The van der Waals surface area contributed by atoms with Crippen molar-refractivity contribution in [2.45, 2.75) is 38.8 Å². The van der Waals surface area contributed by atoms with Crippen molar-refractivity contribution in [2.75, 3.05) is 24.7 Å². The van der Waals surface area contributed by atoms with Crippen LogP contribution in [0, 0.1) is 16.3 Å². The highest BCUT2D eigenvalue weighted by Gasteiger charge is 2.31. The Morgan fingerprint density at radius 1 is 1.10 bits per heavy atom. The van der Waals surface area contributed by atoms with Gasteiger partial charge < -0.3 is 10.6 Å². The highest BCUT2D eigenvalue weighted by Crippen LogP contribution is 2.34. The van der Waals surface area contributed by atoms with Gasteiger partial charge in [0.1, 0.15) is 17.0 Å². The Balaban J connectivity index is 0.00000405. The SMILES string of the molecule is Cc1c(=O)n(C)c(Nc2ccc(I)cc2F)c2c(=O)n(C3CC3)c(=O)n(-c3cccc(NC(=O)[C@@H](C)N(C)C)c3)c12.Cl. The van der Waals surface area contributed by atoms with Crippen LogP contribution >= 0.6 is 35.0 Å². The largest absolute Gasteiger partial charge is 0.338 e. The highest BCUT2D eigenvalue weighted by molar-refractivity contribution is 14.1. The van der Waals surface area contributed by atoms with Gasteiger partial charge in [-0.15, -0.1) is 12.4 Å². The number of pyridine rings is 1. The molecule has 13 heteroatoms. The number of anilines is 3. The Bertz CT molecular complexity index is 1900. The lowest BCUT2D eigenvalue weighted by molar-refractivity contribution is -0.119. The summed E-state index contributed by atoms with van der Waals surface area (Å²) in [6.45, 7) is 3.33. The second-order valence-corrected chi connectivity index (χ2v) is 11.8. The smallest absolute Gasteiger partial charge is 0.336 e. The van der Waals surface area contributed by atoms with Gasteiger partial charge in [-0.3, -0.25) is 33.0 Å². The molecule has 222 valence electrons. The first-order valence-corrected chi connectivity index (χ1v) is 14.2. The van der Waals surface area contributed by atoms with Crippen LogP contribution in [-0.2, 0) is 11.8 Å². The minimum Gasteiger partial charge on any atom is -0.338 e. The lowest BCUT2D eigenvalue weighted by Crippen LogP contribution is -2.41. The minimum absolute atomic E-state index is 0. The average molecular weight is 709 g/mol. The maximum Gasteiger partial charge on any atom is 0.336 e. The minimum atomic E-state index is -0.585. The molecule has 2 N–H and O–H groups in total. The first-order valence-electron chi connectivity index (χ1n) is 13.1. The van der Waals surface area contributed by atoms with Crippen molar-refractivity contribution in [3.8, 4) is 5.69 Å². The molecule has 5 rings (SSSR count). The number of aryl methyl sites for hydroxylation is 1. The molecule has 1 saturated carbocycles. The van der Waals surface area contributed by atoms with E-state index in [-0.39, 0.29) is 52.3 Å². The van der Waals surface area contributed by atoms with Gasteiger partial charge in [0.05, 0.1) is 22.9 Å². The lowest BCUT2D eigenvalue weighted by Gasteiger charge is -2.21. The third-order valence-electron chi connectivity index (χ3n) is 7.47. The number of benzene rings is 2. The second-order valence-electron chi connectivity index (χ2n) is 10.5. The number of fused-ring (bicyclic) bond motifs is 1. The lowest BCUT2D eigenvalue weighted by atomic mass is 10.1. The number of hydrogen-bond donors (Lipinski definition) is 2. The quantitative estimate of drug-likeness (QED) is 0.278. The number of aromatic nitrogens is 3. The van der Waals surface area contributed by atoms with Gasteiger partial charge in [-0.2, -0.15) is 0 Å². The van der Waals surface area contributed by atoms with E-state index in [0.29, 0.717) is 27.8 Å². The van der Waals surface area contributed by atoms with E-state index in [2.05, 4.69) is 10.6 Å². The first-order chi connectivity index (χ1) is 19.4. The molecule has 2 heterocycles. The number of likely N-dealkylation sites (N-methyl/N-ethyl adjacent to an activating group) is 1. The molecule has 0 unspecified atom stereocenters. The normalized spacial score (nSPS) is 13.6. The Morgan fingerprint density at radius 2 is 1.79 bits per heavy atom. The Kier molecular flexibility index (Phi) is 9.00. The predicted octanol–water partition coefficient (Wildman–Crippen LogP) is 4.29. The van der Waals surface area contributed by atoms with Gasteiger partial charge in [-0.1, -0.05) is 6.07 Å². The fourth-order valence-electron chi connectivity index (χ4n) is 4.78. The molecule has 1 aliphatic carbocycles. The van der Waals surface area contributed by atoms with Crippen LogP contribution in [0.5, 0.6) is 0 Å². The molecular weight excluding hydrogens is 678 g/mol. The summed E-state index contributed by atoms with van der Waals surface area (Å²) < 4.78 is 19.4. The van der Waals surface area contributed by atoms with Crippen LogP contribution in [0.1, 0.15) is 31.4 Å². The number of rotatable bonds is 7. The molecule has 0 aliphatic heterocycles. The van der Waals surface area contributed by atoms with E-state index in [0.717, 1.165) is 0 Å². The second kappa shape index (κ2) is 12.0. The molecule has 2 aromatic carbocycles. The van der Waals surface area contributed by atoms with E-state index < -0.39 is 28.7 Å². The first kappa shape index (κ1) is 31.4. The van der Waals surface area contributed by atoms with Crippen LogP contribution in [0.25, 0.3) is 16.6 Å². The van der Waals surface area contributed by atoms with Gasteiger partial charge in [-0.05, 0) is 99.8 Å². The van der Waals surface area contributed by atoms with Gasteiger partial charge in [-0.25, -0.2) is 9.18 Å². The molecule has 10 nitrogen and oxygen atoms in total. The topological polar surface area (TPSA) is 110 Å². The summed E-state index contributed by atoms with van der Waals surface area (Å²) in [6.07, 6.45) is 1.33. The molecule has 0 bridgehead atoms. The average Bonchev–Trinajstić information content (AvgIpc) is 3.76. The van der Waals surface area contributed by atoms with E-state index in [1.807, 2.05) is 22.6 Å². The van der Waals surface area contributed by atoms with Crippen molar-refractivity contribution in [3.05, 3.63) is 88.6 Å². The number of nitrogens with one attached hydrogen (secondary N) is 2. The molecule has 1 aliphatic rings. The zero-order valence-electron chi connectivity index (χ0n) is 23.7. The summed E-state index contributed by atoms with van der Waals surface area (Å²) in [5.41, 5.74) is -0.383.